The Kier molecular flexibility index (Phi) is 6.70. The van der Waals surface area contributed by atoms with E-state index in [4.69, 9.17) is 19.2 Å². The minimum absolute atomic E-state index is 0.0818. The van der Waals surface area contributed by atoms with Gasteiger partial charge in [0.05, 0.1) is 30.7 Å². The van der Waals surface area contributed by atoms with Crippen LogP contribution in [0.5, 0.6) is 5.75 Å². The molecule has 1 atom stereocenters. The van der Waals surface area contributed by atoms with Crippen LogP contribution in [-0.4, -0.2) is 49.4 Å². The first-order valence-electron chi connectivity index (χ1n) is 10.3. The lowest BCUT2D eigenvalue weighted by atomic mass is 10.2. The van der Waals surface area contributed by atoms with E-state index in [0.717, 1.165) is 52.9 Å². The summed E-state index contributed by atoms with van der Waals surface area (Å²) in [5.74, 6) is 0.700. The molecule has 1 unspecified atom stereocenters. The third-order valence-electron chi connectivity index (χ3n) is 5.43. The van der Waals surface area contributed by atoms with Crippen LogP contribution in [0.4, 0.5) is 0 Å². The second-order valence-corrected chi connectivity index (χ2v) is 8.24. The summed E-state index contributed by atoms with van der Waals surface area (Å²) in [6.45, 7) is 3.63. The molecule has 3 aromatic rings. The Labute approximate surface area is 186 Å². The van der Waals surface area contributed by atoms with Crippen LogP contribution in [0.2, 0.25) is 0 Å². The maximum absolute atomic E-state index is 12.8. The lowest BCUT2D eigenvalue weighted by Crippen LogP contribution is -2.27. The number of thiazole rings is 1. The zero-order valence-corrected chi connectivity index (χ0v) is 18.8. The summed E-state index contributed by atoms with van der Waals surface area (Å²) in [6, 6.07) is 9.78. The van der Waals surface area contributed by atoms with Crippen LogP contribution in [0.15, 0.2) is 35.7 Å². The fraction of sp³-hybridized carbons (Fsp3) is 0.391. The highest BCUT2D eigenvalue weighted by Gasteiger charge is 2.27. The van der Waals surface area contributed by atoms with Gasteiger partial charge >= 0.3 is 0 Å². The smallest absolute Gasteiger partial charge is 0.253 e. The number of carbonyl (C=O) groups is 1. The maximum atomic E-state index is 12.8. The summed E-state index contributed by atoms with van der Waals surface area (Å²) in [5.41, 5.74) is 4.29. The first kappa shape index (κ1) is 21.5. The average Bonchev–Trinajstić information content (AvgIpc) is 3.53. The van der Waals surface area contributed by atoms with Crippen LogP contribution in [0.3, 0.4) is 0 Å². The van der Waals surface area contributed by atoms with E-state index < -0.39 is 0 Å². The van der Waals surface area contributed by atoms with Crippen LogP contribution in [0.1, 0.15) is 35.1 Å². The van der Waals surface area contributed by atoms with E-state index in [-0.39, 0.29) is 12.1 Å². The summed E-state index contributed by atoms with van der Waals surface area (Å²) in [6.07, 6.45) is 1.84. The molecular weight excluding hydrogens is 414 g/mol. The molecule has 1 saturated heterocycles. The van der Waals surface area contributed by atoms with E-state index in [2.05, 4.69) is 9.88 Å². The van der Waals surface area contributed by atoms with Gasteiger partial charge in [-0.25, -0.2) is 4.98 Å². The molecule has 1 aliphatic rings. The minimum atomic E-state index is -0.113. The van der Waals surface area contributed by atoms with E-state index in [0.29, 0.717) is 18.7 Å². The van der Waals surface area contributed by atoms with Crippen molar-refractivity contribution in [2.45, 2.75) is 26.0 Å². The van der Waals surface area contributed by atoms with Gasteiger partial charge < -0.3 is 24.1 Å². The second-order valence-electron chi connectivity index (χ2n) is 7.38. The molecule has 1 aromatic carbocycles. The molecule has 1 aliphatic heterocycles. The Hall–Kier alpha value is -2.68. The first-order chi connectivity index (χ1) is 15.1. The molecule has 1 amide bonds. The molecule has 3 heterocycles. The number of nitrogens with one attached hydrogen (secondary N) is 1. The van der Waals surface area contributed by atoms with Crippen LogP contribution < -0.4 is 10.1 Å². The number of amides is 1. The highest BCUT2D eigenvalue weighted by molar-refractivity contribution is 7.13. The molecular formula is C23H27N3O4S. The molecule has 0 bridgehead atoms. The van der Waals surface area contributed by atoms with Crippen LogP contribution >= 0.6 is 11.3 Å². The predicted octanol–water partition coefficient (Wildman–Crippen LogP) is 4.28. The quantitative estimate of drug-likeness (QED) is 0.528. The van der Waals surface area contributed by atoms with Crippen LogP contribution in [-0.2, 0) is 9.47 Å². The Balaban J connectivity index is 1.68. The third-order valence-corrected chi connectivity index (χ3v) is 6.32. The summed E-state index contributed by atoms with van der Waals surface area (Å²) >= 11 is 1.58. The van der Waals surface area contributed by atoms with Crippen molar-refractivity contribution in [3.05, 3.63) is 47.0 Å². The summed E-state index contributed by atoms with van der Waals surface area (Å²) < 4.78 is 18.4. The number of nitrogens with zero attached hydrogens (tertiary/aromatic N) is 2. The Morgan fingerprint density at radius 2 is 2.13 bits per heavy atom. The van der Waals surface area contributed by atoms with E-state index in [1.54, 1.807) is 25.6 Å². The summed E-state index contributed by atoms with van der Waals surface area (Å²) in [7, 11) is 3.27. The Bertz CT molecular complexity index is 1040. The maximum Gasteiger partial charge on any atom is 0.253 e. The first-order valence-corrected chi connectivity index (χ1v) is 11.2. The van der Waals surface area contributed by atoms with E-state index in [1.165, 1.54) is 0 Å². The standard InChI is InChI=1S/C23H27N3O4S/c1-15-18(22(27)24-10-12-28-2)13-20(26(15)21-5-4-11-30-21)19-14-31-23(25-19)16-6-8-17(29-3)9-7-16/h6-9,13-14,21H,4-5,10-12H2,1-3H3,(H,24,27). The van der Waals surface area contributed by atoms with E-state index >= 15 is 0 Å². The molecule has 0 radical (unpaired) electrons. The van der Waals surface area contributed by atoms with Crippen molar-refractivity contribution < 1.29 is 19.0 Å². The Morgan fingerprint density at radius 3 is 2.81 bits per heavy atom. The van der Waals surface area contributed by atoms with E-state index in [9.17, 15) is 4.79 Å². The molecule has 1 N–H and O–H groups in total. The molecule has 0 saturated carbocycles. The van der Waals surface area contributed by atoms with Gasteiger partial charge in [0.15, 0.2) is 0 Å². The highest BCUT2D eigenvalue weighted by Crippen LogP contribution is 2.36. The topological polar surface area (TPSA) is 74.6 Å². The number of ether oxygens (including phenoxy) is 3. The molecule has 4 rings (SSSR count). The number of benzene rings is 1. The van der Waals surface area contributed by atoms with Crippen molar-refractivity contribution in [1.82, 2.24) is 14.9 Å². The van der Waals surface area contributed by atoms with Crippen molar-refractivity contribution in [3.8, 4) is 27.7 Å². The molecule has 2 aromatic heterocycles. The van der Waals surface area contributed by atoms with Gasteiger partial charge in [0.25, 0.3) is 5.91 Å². The molecule has 1 fully saturated rings. The molecule has 8 heteroatoms. The summed E-state index contributed by atoms with van der Waals surface area (Å²) in [5, 5.41) is 5.87. The van der Waals surface area contributed by atoms with Crippen molar-refractivity contribution in [3.63, 3.8) is 0 Å². The molecule has 7 nitrogen and oxygen atoms in total. The minimum Gasteiger partial charge on any atom is -0.497 e. The Morgan fingerprint density at radius 1 is 1.32 bits per heavy atom. The van der Waals surface area contributed by atoms with Gasteiger partial charge in [0, 0.05) is 36.9 Å². The van der Waals surface area contributed by atoms with Gasteiger partial charge in [-0.1, -0.05) is 0 Å². The fourth-order valence-corrected chi connectivity index (χ4v) is 4.62. The molecule has 0 aliphatic carbocycles. The van der Waals surface area contributed by atoms with Gasteiger partial charge in [-0.05, 0) is 50.1 Å². The number of hydrogen-bond acceptors (Lipinski definition) is 6. The monoisotopic (exact) mass is 441 g/mol. The summed E-state index contributed by atoms with van der Waals surface area (Å²) in [4.78, 5) is 17.7. The number of aromatic nitrogens is 2. The van der Waals surface area contributed by atoms with Gasteiger partial charge in [0.2, 0.25) is 0 Å². The zero-order chi connectivity index (χ0) is 21.8. The molecule has 0 spiro atoms. The number of methoxy groups -OCH3 is 2. The normalized spacial score (nSPS) is 15.9. The largest absolute Gasteiger partial charge is 0.497 e. The number of carbonyl (C=O) groups excluding carboxylic acids is 1. The second kappa shape index (κ2) is 9.64. The van der Waals surface area contributed by atoms with Crippen LogP contribution in [0, 0.1) is 6.92 Å². The zero-order valence-electron chi connectivity index (χ0n) is 18.0. The lowest BCUT2D eigenvalue weighted by Gasteiger charge is -2.17. The van der Waals surface area contributed by atoms with Crippen molar-refractivity contribution in [1.29, 1.82) is 0 Å². The fourth-order valence-electron chi connectivity index (χ4n) is 3.80. The molecule has 31 heavy (non-hydrogen) atoms. The number of hydrogen-bond donors (Lipinski definition) is 1. The number of rotatable bonds is 8. The van der Waals surface area contributed by atoms with Gasteiger partial charge in [0.1, 0.15) is 17.0 Å². The van der Waals surface area contributed by atoms with E-state index in [1.807, 2.05) is 42.6 Å². The van der Waals surface area contributed by atoms with Gasteiger partial charge in [-0.2, -0.15) is 0 Å². The van der Waals surface area contributed by atoms with Gasteiger partial charge in [-0.15, -0.1) is 11.3 Å². The van der Waals surface area contributed by atoms with Crippen LogP contribution in [0.25, 0.3) is 22.0 Å². The van der Waals surface area contributed by atoms with Crippen molar-refractivity contribution >= 4 is 17.2 Å². The predicted molar refractivity (Wildman–Crippen MR) is 121 cm³/mol. The third kappa shape index (κ3) is 4.51. The van der Waals surface area contributed by atoms with Gasteiger partial charge in [-0.3, -0.25) is 4.79 Å². The van der Waals surface area contributed by atoms with Crippen molar-refractivity contribution in [2.75, 3.05) is 34.0 Å². The van der Waals surface area contributed by atoms with Crippen molar-refractivity contribution in [2.24, 2.45) is 0 Å². The average molecular weight is 442 g/mol. The lowest BCUT2D eigenvalue weighted by molar-refractivity contribution is 0.0565. The molecule has 164 valence electrons. The SMILES string of the molecule is COCCNC(=O)c1cc(-c2csc(-c3ccc(OC)cc3)n2)n(C2CCCO2)c1C. The highest BCUT2D eigenvalue weighted by atomic mass is 32.1.